The van der Waals surface area contributed by atoms with Gasteiger partial charge in [0.15, 0.2) is 16.3 Å². The smallest absolute Gasteiger partial charge is 0.338 e. The maximum Gasteiger partial charge on any atom is 0.338 e. The maximum absolute atomic E-state index is 13.8. The summed E-state index contributed by atoms with van der Waals surface area (Å²) in [5.41, 5.74) is 3.14. The zero-order valence-corrected chi connectivity index (χ0v) is 23.9. The molecule has 0 spiro atoms. The fourth-order valence-corrected chi connectivity index (χ4v) is 5.77. The minimum atomic E-state index is -0.775. The molecule has 0 N–H and O–H groups in total. The van der Waals surface area contributed by atoms with E-state index in [1.807, 2.05) is 49.3 Å². The molecule has 1 aliphatic heterocycles. The molecule has 0 amide bonds. The van der Waals surface area contributed by atoms with Crippen molar-refractivity contribution >= 4 is 45.0 Å². The number of carbonyl (C=O) groups excluding carboxylic acids is 1. The zero-order valence-electron chi connectivity index (χ0n) is 21.5. The Labute approximate surface area is 227 Å². The lowest BCUT2D eigenvalue weighted by Gasteiger charge is -2.26. The van der Waals surface area contributed by atoms with Gasteiger partial charge in [-0.25, -0.2) is 9.79 Å². The van der Waals surface area contributed by atoms with E-state index in [2.05, 4.69) is 20.9 Å². The second kappa shape index (κ2) is 10.9. The van der Waals surface area contributed by atoms with Gasteiger partial charge in [-0.3, -0.25) is 9.36 Å². The molecule has 4 rings (SSSR count). The van der Waals surface area contributed by atoms with E-state index in [1.54, 1.807) is 37.7 Å². The first-order valence-electron chi connectivity index (χ1n) is 11.6. The predicted molar refractivity (Wildman–Crippen MR) is 148 cm³/mol. The van der Waals surface area contributed by atoms with Crippen molar-refractivity contribution in [1.82, 2.24) is 4.57 Å². The second-order valence-corrected chi connectivity index (χ2v) is 10.4. The maximum atomic E-state index is 13.8. The highest BCUT2D eigenvalue weighted by Crippen LogP contribution is 2.40. The lowest BCUT2D eigenvalue weighted by atomic mass is 9.95. The minimum absolute atomic E-state index is 0.197. The number of benzene rings is 2. The number of hydrogen-bond acceptors (Lipinski definition) is 8. The van der Waals surface area contributed by atoms with E-state index in [-0.39, 0.29) is 12.2 Å². The number of rotatable bonds is 7. The Morgan fingerprint density at radius 3 is 2.41 bits per heavy atom. The van der Waals surface area contributed by atoms with Gasteiger partial charge in [-0.05, 0) is 55.3 Å². The van der Waals surface area contributed by atoms with E-state index in [0.29, 0.717) is 42.1 Å². The molecule has 0 fully saturated rings. The van der Waals surface area contributed by atoms with Gasteiger partial charge in [0.2, 0.25) is 0 Å². The van der Waals surface area contributed by atoms with Crippen molar-refractivity contribution in [2.75, 3.05) is 39.8 Å². The molecule has 2 aromatic carbocycles. The van der Waals surface area contributed by atoms with Crippen molar-refractivity contribution in [3.8, 4) is 11.5 Å². The Morgan fingerprint density at radius 2 is 1.81 bits per heavy atom. The molecular weight excluding hydrogens is 558 g/mol. The van der Waals surface area contributed by atoms with Crippen molar-refractivity contribution in [2.24, 2.45) is 4.99 Å². The largest absolute Gasteiger partial charge is 0.493 e. The number of esters is 1. The summed E-state index contributed by atoms with van der Waals surface area (Å²) in [4.78, 5) is 34.1. The summed E-state index contributed by atoms with van der Waals surface area (Å²) in [5.74, 6) is 0.468. The molecule has 0 radical (unpaired) electrons. The number of methoxy groups -OCH3 is 2. The average molecular weight is 587 g/mol. The summed E-state index contributed by atoms with van der Waals surface area (Å²) in [7, 11) is 7.04. The summed E-state index contributed by atoms with van der Waals surface area (Å²) in [6, 6.07) is 10.7. The third kappa shape index (κ3) is 5.08. The number of allylic oxidation sites excluding steroid dienone is 1. The fraction of sp³-hybridized carbons (Fsp3) is 0.296. The van der Waals surface area contributed by atoms with E-state index < -0.39 is 12.0 Å². The molecule has 0 saturated carbocycles. The van der Waals surface area contributed by atoms with E-state index in [1.165, 1.54) is 18.4 Å². The Bertz CT molecular complexity index is 1550. The van der Waals surface area contributed by atoms with Crippen LogP contribution in [0.2, 0.25) is 0 Å². The number of aromatic nitrogens is 1. The molecule has 1 aliphatic rings. The van der Waals surface area contributed by atoms with Crippen LogP contribution in [0.15, 0.2) is 61.9 Å². The highest BCUT2D eigenvalue weighted by atomic mass is 79.9. The normalized spacial score (nSPS) is 15.2. The molecule has 37 heavy (non-hydrogen) atoms. The average Bonchev–Trinajstić information content (AvgIpc) is 3.17. The van der Waals surface area contributed by atoms with Gasteiger partial charge in [-0.1, -0.05) is 39.4 Å². The molecule has 3 aromatic rings. The monoisotopic (exact) mass is 585 g/mol. The molecule has 1 aromatic heterocycles. The van der Waals surface area contributed by atoms with Gasteiger partial charge in [0.25, 0.3) is 5.56 Å². The molecule has 2 heterocycles. The van der Waals surface area contributed by atoms with Crippen molar-refractivity contribution in [1.29, 1.82) is 0 Å². The first-order chi connectivity index (χ1) is 17.7. The van der Waals surface area contributed by atoms with Crippen LogP contribution in [0.1, 0.15) is 31.0 Å². The molecule has 10 heteroatoms. The van der Waals surface area contributed by atoms with Crippen LogP contribution in [-0.4, -0.2) is 45.5 Å². The van der Waals surface area contributed by atoms with Crippen LogP contribution in [0.25, 0.3) is 6.08 Å². The molecule has 194 valence electrons. The number of thiazole rings is 1. The Hall–Kier alpha value is -3.37. The van der Waals surface area contributed by atoms with Crippen LogP contribution < -0.4 is 29.3 Å². The van der Waals surface area contributed by atoms with E-state index in [9.17, 15) is 9.59 Å². The first kappa shape index (κ1) is 26.7. The van der Waals surface area contributed by atoms with Gasteiger partial charge in [0.1, 0.15) is 0 Å². The topological polar surface area (TPSA) is 82.4 Å². The van der Waals surface area contributed by atoms with Crippen molar-refractivity contribution in [2.45, 2.75) is 19.9 Å². The van der Waals surface area contributed by atoms with Gasteiger partial charge in [0.05, 0.1) is 42.7 Å². The number of halogens is 1. The van der Waals surface area contributed by atoms with Crippen LogP contribution in [0.3, 0.4) is 0 Å². The van der Waals surface area contributed by atoms with Gasteiger partial charge in [0, 0.05) is 24.3 Å². The summed E-state index contributed by atoms with van der Waals surface area (Å²) < 4.78 is 19.0. The molecular formula is C27H28BrN3O5S. The van der Waals surface area contributed by atoms with Crippen molar-refractivity contribution in [3.05, 3.63) is 83.0 Å². The Kier molecular flexibility index (Phi) is 7.89. The molecule has 0 bridgehead atoms. The number of anilines is 1. The highest BCUT2D eigenvalue weighted by Gasteiger charge is 2.35. The molecule has 0 saturated heterocycles. The number of carbonyl (C=O) groups is 1. The first-order valence-corrected chi connectivity index (χ1v) is 13.2. The lowest BCUT2D eigenvalue weighted by Crippen LogP contribution is -2.40. The molecule has 1 atom stereocenters. The number of ether oxygens (including phenoxy) is 3. The van der Waals surface area contributed by atoms with Gasteiger partial charge < -0.3 is 19.1 Å². The Balaban J connectivity index is 1.96. The predicted octanol–water partition coefficient (Wildman–Crippen LogP) is 3.64. The van der Waals surface area contributed by atoms with E-state index in [4.69, 9.17) is 14.2 Å². The molecule has 0 aliphatic carbocycles. The number of nitrogens with zero attached hydrogens (tertiary/aromatic N) is 3. The summed E-state index contributed by atoms with van der Waals surface area (Å²) in [6.45, 7) is 3.69. The van der Waals surface area contributed by atoms with Gasteiger partial charge in [-0.15, -0.1) is 0 Å². The van der Waals surface area contributed by atoms with Crippen molar-refractivity contribution < 1.29 is 19.0 Å². The summed E-state index contributed by atoms with van der Waals surface area (Å²) in [6.07, 6.45) is 1.84. The van der Waals surface area contributed by atoms with Gasteiger partial charge in [-0.2, -0.15) is 0 Å². The van der Waals surface area contributed by atoms with Crippen LogP contribution in [0, 0.1) is 0 Å². The lowest BCUT2D eigenvalue weighted by molar-refractivity contribution is -0.139. The Morgan fingerprint density at radius 1 is 1.16 bits per heavy atom. The van der Waals surface area contributed by atoms with Crippen LogP contribution in [-0.2, 0) is 9.53 Å². The SMILES string of the molecule is CCOC(=O)C1=C(C)N=c2s/c(=C\c3ccc(N(C)C)cc3)c(=O)n2[C@@H]1c1cc(OC)c(OC)cc1Br. The quantitative estimate of drug-likeness (QED) is 0.394. The third-order valence-electron chi connectivity index (χ3n) is 6.02. The second-order valence-electron chi connectivity index (χ2n) is 8.52. The summed E-state index contributed by atoms with van der Waals surface area (Å²) >= 11 is 4.89. The minimum Gasteiger partial charge on any atom is -0.493 e. The standard InChI is InChI=1S/C27H28BrN3O5S/c1-7-36-26(33)23-15(2)29-27-31(24(23)18-13-20(34-5)21(35-6)14-19(18)28)25(32)22(37-27)12-16-8-10-17(11-9-16)30(3)4/h8-14,24H,7H2,1-6H3/b22-12-/t24-/m1/s1. The molecule has 0 unspecified atom stereocenters. The zero-order chi connectivity index (χ0) is 26.9. The number of hydrogen-bond donors (Lipinski definition) is 0. The van der Waals surface area contributed by atoms with Crippen LogP contribution in [0.4, 0.5) is 5.69 Å². The van der Waals surface area contributed by atoms with E-state index in [0.717, 1.165) is 11.3 Å². The number of fused-ring (bicyclic) bond motifs is 1. The van der Waals surface area contributed by atoms with Crippen LogP contribution in [0.5, 0.6) is 11.5 Å². The highest BCUT2D eigenvalue weighted by molar-refractivity contribution is 9.10. The van der Waals surface area contributed by atoms with Gasteiger partial charge >= 0.3 is 5.97 Å². The third-order valence-corrected chi connectivity index (χ3v) is 7.69. The fourth-order valence-electron chi connectivity index (χ4n) is 4.19. The summed E-state index contributed by atoms with van der Waals surface area (Å²) in [5, 5.41) is 0. The molecule has 8 nitrogen and oxygen atoms in total. The van der Waals surface area contributed by atoms with Crippen molar-refractivity contribution in [3.63, 3.8) is 0 Å². The van der Waals surface area contributed by atoms with E-state index >= 15 is 0 Å². The van der Waals surface area contributed by atoms with Crippen LogP contribution >= 0.6 is 27.3 Å².